The van der Waals surface area contributed by atoms with Gasteiger partial charge >= 0.3 is 5.97 Å². The monoisotopic (exact) mass is 372 g/mol. The number of hydrogen-bond acceptors (Lipinski definition) is 7. The summed E-state index contributed by atoms with van der Waals surface area (Å²) in [6.07, 6.45) is 0. The van der Waals surface area contributed by atoms with E-state index in [4.69, 9.17) is 24.7 Å². The van der Waals surface area contributed by atoms with Crippen LogP contribution >= 0.6 is 0 Å². The Balaban J connectivity index is 2.60. The second-order valence-electron chi connectivity index (χ2n) is 5.82. The van der Waals surface area contributed by atoms with Gasteiger partial charge in [-0.05, 0) is 38.5 Å². The van der Waals surface area contributed by atoms with Crippen molar-refractivity contribution in [1.82, 2.24) is 0 Å². The van der Waals surface area contributed by atoms with E-state index in [1.54, 1.807) is 33.1 Å². The van der Waals surface area contributed by atoms with Gasteiger partial charge in [-0.2, -0.15) is 5.26 Å². The fraction of sp³-hybridized carbons (Fsp3) is 0.400. The van der Waals surface area contributed by atoms with Gasteiger partial charge in [-0.3, -0.25) is 0 Å². The van der Waals surface area contributed by atoms with Crippen molar-refractivity contribution in [3.05, 3.63) is 52.1 Å². The van der Waals surface area contributed by atoms with Crippen molar-refractivity contribution in [3.63, 3.8) is 0 Å². The Bertz CT molecular complexity index is 820. The van der Waals surface area contributed by atoms with Crippen LogP contribution in [0.4, 0.5) is 0 Å². The van der Waals surface area contributed by atoms with Gasteiger partial charge in [0, 0.05) is 12.2 Å². The largest absolute Gasteiger partial charge is 0.496 e. The van der Waals surface area contributed by atoms with Gasteiger partial charge in [0.05, 0.1) is 31.8 Å². The number of hydrogen-bond donors (Lipinski definition) is 1. The van der Waals surface area contributed by atoms with Crippen LogP contribution in [0.1, 0.15) is 37.8 Å². The molecule has 0 radical (unpaired) electrons. The molecule has 0 saturated heterocycles. The summed E-state index contributed by atoms with van der Waals surface area (Å²) in [7, 11) is 1.57. The van der Waals surface area contributed by atoms with E-state index in [2.05, 4.69) is 6.07 Å². The summed E-state index contributed by atoms with van der Waals surface area (Å²) in [5.74, 6) is -0.267. The summed E-state index contributed by atoms with van der Waals surface area (Å²) in [5, 5.41) is 9.63. The fourth-order valence-electron chi connectivity index (χ4n) is 2.99. The molecule has 0 spiro atoms. The second kappa shape index (κ2) is 9.10. The number of esters is 1. The number of allylic oxidation sites excluding steroid dienone is 2. The highest BCUT2D eigenvalue weighted by Crippen LogP contribution is 2.40. The van der Waals surface area contributed by atoms with Gasteiger partial charge < -0.3 is 24.7 Å². The zero-order valence-electron chi connectivity index (χ0n) is 16.0. The molecule has 0 bridgehead atoms. The van der Waals surface area contributed by atoms with Gasteiger partial charge in [0.15, 0.2) is 0 Å². The van der Waals surface area contributed by atoms with Gasteiger partial charge in [-0.25, -0.2) is 4.79 Å². The van der Waals surface area contributed by atoms with Crippen molar-refractivity contribution in [2.24, 2.45) is 5.73 Å². The van der Waals surface area contributed by atoms with Crippen molar-refractivity contribution in [3.8, 4) is 11.8 Å². The third-order valence-electron chi connectivity index (χ3n) is 4.20. The van der Waals surface area contributed by atoms with E-state index in [0.717, 1.165) is 5.56 Å². The Morgan fingerprint density at radius 1 is 1.33 bits per heavy atom. The predicted molar refractivity (Wildman–Crippen MR) is 98.3 cm³/mol. The van der Waals surface area contributed by atoms with E-state index < -0.39 is 11.9 Å². The van der Waals surface area contributed by atoms with Crippen molar-refractivity contribution in [2.45, 2.75) is 33.3 Å². The molecule has 0 aliphatic carbocycles. The summed E-state index contributed by atoms with van der Waals surface area (Å²) in [6, 6.07) is 7.49. The standard InChI is InChI=1S/C20H24N2O5/c1-5-25-11-14-9-13(7-8-16(14)24-4)18-15(10-21)19(22)27-12(3)17(18)20(23)26-6-2/h7-9,18H,5-6,11,22H2,1-4H3. The lowest BCUT2D eigenvalue weighted by atomic mass is 9.82. The average molecular weight is 372 g/mol. The minimum absolute atomic E-state index is 0.0183. The minimum atomic E-state index is -0.686. The van der Waals surface area contributed by atoms with E-state index in [1.165, 1.54) is 0 Å². The van der Waals surface area contributed by atoms with E-state index in [9.17, 15) is 10.1 Å². The number of nitrogens with two attached hydrogens (primary N) is 1. The van der Waals surface area contributed by atoms with Crippen LogP contribution in [0.3, 0.4) is 0 Å². The Kier molecular flexibility index (Phi) is 6.85. The van der Waals surface area contributed by atoms with Crippen LogP contribution in [-0.4, -0.2) is 26.3 Å². The summed E-state index contributed by atoms with van der Waals surface area (Å²) in [6.45, 7) is 6.35. The first kappa shape index (κ1) is 20.3. The number of nitriles is 1. The molecule has 1 aromatic rings. The molecule has 1 unspecified atom stereocenters. The van der Waals surface area contributed by atoms with E-state index in [0.29, 0.717) is 30.3 Å². The molecular formula is C20H24N2O5. The maximum absolute atomic E-state index is 12.6. The molecule has 2 N–H and O–H groups in total. The van der Waals surface area contributed by atoms with Crippen LogP contribution in [0, 0.1) is 11.3 Å². The van der Waals surface area contributed by atoms with Gasteiger partial charge in [-0.1, -0.05) is 6.07 Å². The molecule has 0 aromatic heterocycles. The summed E-state index contributed by atoms with van der Waals surface area (Å²) >= 11 is 0. The van der Waals surface area contributed by atoms with Crippen molar-refractivity contribution in [1.29, 1.82) is 5.26 Å². The average Bonchev–Trinajstić information content (AvgIpc) is 2.65. The fourth-order valence-corrected chi connectivity index (χ4v) is 2.99. The molecule has 144 valence electrons. The molecule has 7 heteroatoms. The number of rotatable bonds is 7. The summed E-state index contributed by atoms with van der Waals surface area (Å²) < 4.78 is 21.5. The number of carbonyl (C=O) groups is 1. The van der Waals surface area contributed by atoms with Gasteiger partial charge in [-0.15, -0.1) is 0 Å². The third kappa shape index (κ3) is 4.23. The van der Waals surface area contributed by atoms with Crippen molar-refractivity contribution in [2.75, 3.05) is 20.3 Å². The van der Waals surface area contributed by atoms with E-state index in [1.807, 2.05) is 13.0 Å². The van der Waals surface area contributed by atoms with Crippen molar-refractivity contribution >= 4 is 5.97 Å². The maximum atomic E-state index is 12.6. The van der Waals surface area contributed by atoms with Crippen LogP contribution in [0.5, 0.6) is 5.75 Å². The molecule has 1 aromatic carbocycles. The molecule has 7 nitrogen and oxygen atoms in total. The molecule has 1 aliphatic rings. The number of nitrogens with zero attached hydrogens (tertiary/aromatic N) is 1. The molecule has 1 heterocycles. The smallest absolute Gasteiger partial charge is 0.338 e. The molecule has 2 rings (SSSR count). The Morgan fingerprint density at radius 3 is 2.67 bits per heavy atom. The van der Waals surface area contributed by atoms with Crippen LogP contribution < -0.4 is 10.5 Å². The van der Waals surface area contributed by atoms with Crippen molar-refractivity contribution < 1.29 is 23.7 Å². The lowest BCUT2D eigenvalue weighted by Crippen LogP contribution is -2.25. The Labute approximate surface area is 159 Å². The molecule has 1 atom stereocenters. The maximum Gasteiger partial charge on any atom is 0.338 e. The molecular weight excluding hydrogens is 348 g/mol. The second-order valence-corrected chi connectivity index (χ2v) is 5.82. The van der Waals surface area contributed by atoms with Crippen LogP contribution in [-0.2, 0) is 25.6 Å². The molecule has 0 fully saturated rings. The Hall–Kier alpha value is -2.98. The predicted octanol–water partition coefficient (Wildman–Crippen LogP) is 2.88. The first-order valence-electron chi connectivity index (χ1n) is 8.68. The van der Waals surface area contributed by atoms with Gasteiger partial charge in [0.25, 0.3) is 0 Å². The SMILES string of the molecule is CCOCc1cc(C2C(C#N)=C(N)OC(C)=C2C(=O)OCC)ccc1OC. The topological polar surface area (TPSA) is 104 Å². The van der Waals surface area contributed by atoms with Gasteiger partial charge in [0.1, 0.15) is 23.2 Å². The van der Waals surface area contributed by atoms with E-state index >= 15 is 0 Å². The normalized spacial score (nSPS) is 16.6. The van der Waals surface area contributed by atoms with Crippen LogP contribution in [0.15, 0.2) is 41.0 Å². The van der Waals surface area contributed by atoms with Crippen LogP contribution in [0.25, 0.3) is 0 Å². The van der Waals surface area contributed by atoms with Gasteiger partial charge in [0.2, 0.25) is 5.88 Å². The zero-order chi connectivity index (χ0) is 20.0. The number of benzene rings is 1. The Morgan fingerprint density at radius 2 is 2.07 bits per heavy atom. The number of methoxy groups -OCH3 is 1. The number of ether oxygens (including phenoxy) is 4. The lowest BCUT2D eigenvalue weighted by Gasteiger charge is -2.27. The highest BCUT2D eigenvalue weighted by atomic mass is 16.5. The molecule has 0 amide bonds. The zero-order valence-corrected chi connectivity index (χ0v) is 16.0. The lowest BCUT2D eigenvalue weighted by molar-refractivity contribution is -0.139. The van der Waals surface area contributed by atoms with Crippen LogP contribution in [0.2, 0.25) is 0 Å². The molecule has 27 heavy (non-hydrogen) atoms. The minimum Gasteiger partial charge on any atom is -0.496 e. The first-order valence-corrected chi connectivity index (χ1v) is 8.68. The highest BCUT2D eigenvalue weighted by Gasteiger charge is 2.36. The summed E-state index contributed by atoms with van der Waals surface area (Å²) in [4.78, 5) is 12.6. The molecule has 0 saturated carbocycles. The molecule has 1 aliphatic heterocycles. The quantitative estimate of drug-likeness (QED) is 0.734. The number of carbonyl (C=O) groups excluding carboxylic acids is 1. The third-order valence-corrected chi connectivity index (χ3v) is 4.20. The summed E-state index contributed by atoms with van der Waals surface area (Å²) in [5.41, 5.74) is 7.85. The highest BCUT2D eigenvalue weighted by molar-refractivity contribution is 5.92. The first-order chi connectivity index (χ1) is 13.0. The van der Waals surface area contributed by atoms with E-state index in [-0.39, 0.29) is 23.6 Å².